The van der Waals surface area contributed by atoms with Gasteiger partial charge in [-0.3, -0.25) is 4.79 Å². The fourth-order valence-electron chi connectivity index (χ4n) is 1.83. The van der Waals surface area contributed by atoms with Crippen LogP contribution < -0.4 is 0 Å². The quantitative estimate of drug-likeness (QED) is 0.731. The molecule has 0 bridgehead atoms. The maximum absolute atomic E-state index is 11.3. The number of carbonyl (C=O) groups excluding carboxylic acids is 1. The second-order valence-corrected chi connectivity index (χ2v) is 7.65. The van der Waals surface area contributed by atoms with Gasteiger partial charge in [0.25, 0.3) is 0 Å². The summed E-state index contributed by atoms with van der Waals surface area (Å²) in [6.07, 6.45) is 4.58. The van der Waals surface area contributed by atoms with Crippen molar-refractivity contribution in [1.82, 2.24) is 0 Å². The molecule has 14 heavy (non-hydrogen) atoms. The van der Waals surface area contributed by atoms with Gasteiger partial charge >= 0.3 is 0 Å². The first-order valence-electron chi connectivity index (χ1n) is 4.75. The van der Waals surface area contributed by atoms with Gasteiger partial charge in [-0.2, -0.15) is 0 Å². The van der Waals surface area contributed by atoms with Crippen molar-refractivity contribution in [2.75, 3.05) is 6.26 Å². The van der Waals surface area contributed by atoms with E-state index in [0.29, 0.717) is 6.42 Å². The summed E-state index contributed by atoms with van der Waals surface area (Å²) in [5.74, 6) is 0. The molecular formula is C9H16O3S2. The zero-order valence-corrected chi connectivity index (χ0v) is 10.2. The van der Waals surface area contributed by atoms with E-state index in [0.717, 1.165) is 19.3 Å². The molecule has 0 radical (unpaired) electrons. The molecule has 1 fully saturated rings. The molecule has 5 heteroatoms. The Morgan fingerprint density at radius 1 is 1.36 bits per heavy atom. The lowest BCUT2D eigenvalue weighted by Crippen LogP contribution is -2.29. The Bertz CT molecular complexity index is 308. The minimum Gasteiger partial charge on any atom is -0.288 e. The summed E-state index contributed by atoms with van der Waals surface area (Å²) in [5.41, 5.74) is 0. The lowest BCUT2D eigenvalue weighted by atomic mass is 10.00. The van der Waals surface area contributed by atoms with Crippen LogP contribution in [0.15, 0.2) is 0 Å². The van der Waals surface area contributed by atoms with E-state index in [2.05, 4.69) is 0 Å². The molecule has 0 aromatic carbocycles. The third kappa shape index (κ3) is 3.61. The number of hydrogen-bond acceptors (Lipinski definition) is 4. The van der Waals surface area contributed by atoms with Gasteiger partial charge in [0, 0.05) is 18.4 Å². The molecule has 0 saturated heterocycles. The van der Waals surface area contributed by atoms with Gasteiger partial charge in [-0.15, -0.1) is 0 Å². The number of sulfone groups is 1. The Hall–Kier alpha value is -0.0300. The fraction of sp³-hybridized carbons (Fsp3) is 0.889. The van der Waals surface area contributed by atoms with Gasteiger partial charge in [0.15, 0.2) is 5.12 Å². The van der Waals surface area contributed by atoms with E-state index >= 15 is 0 Å². The highest BCUT2D eigenvalue weighted by molar-refractivity contribution is 8.14. The van der Waals surface area contributed by atoms with Gasteiger partial charge < -0.3 is 0 Å². The first-order chi connectivity index (χ1) is 6.39. The summed E-state index contributed by atoms with van der Waals surface area (Å²) in [5, 5.41) is 0.0678. The highest BCUT2D eigenvalue weighted by Gasteiger charge is 2.29. The van der Waals surface area contributed by atoms with Crippen molar-refractivity contribution in [2.45, 2.75) is 43.1 Å². The molecule has 0 aromatic heterocycles. The van der Waals surface area contributed by atoms with Crippen LogP contribution in [0.2, 0.25) is 0 Å². The van der Waals surface area contributed by atoms with Crippen LogP contribution in [0.1, 0.15) is 32.6 Å². The first kappa shape index (κ1) is 12.0. The molecule has 3 nitrogen and oxygen atoms in total. The summed E-state index contributed by atoms with van der Waals surface area (Å²) in [6.45, 7) is 1.54. The van der Waals surface area contributed by atoms with E-state index in [1.54, 1.807) is 0 Å². The van der Waals surface area contributed by atoms with Crippen molar-refractivity contribution >= 4 is 26.7 Å². The molecule has 2 atom stereocenters. The summed E-state index contributed by atoms with van der Waals surface area (Å²) in [4.78, 5) is 10.9. The van der Waals surface area contributed by atoms with Gasteiger partial charge in [-0.1, -0.05) is 18.2 Å². The largest absolute Gasteiger partial charge is 0.288 e. The Morgan fingerprint density at radius 3 is 2.50 bits per heavy atom. The van der Waals surface area contributed by atoms with Crippen molar-refractivity contribution < 1.29 is 13.2 Å². The van der Waals surface area contributed by atoms with Gasteiger partial charge in [-0.05, 0) is 19.3 Å². The van der Waals surface area contributed by atoms with E-state index in [1.165, 1.54) is 24.9 Å². The van der Waals surface area contributed by atoms with Crippen LogP contribution in [0, 0.1) is 0 Å². The maximum Gasteiger partial charge on any atom is 0.186 e. The predicted molar refractivity (Wildman–Crippen MR) is 59.2 cm³/mol. The third-order valence-electron chi connectivity index (χ3n) is 2.52. The monoisotopic (exact) mass is 236 g/mol. The molecule has 0 N–H and O–H groups in total. The second kappa shape index (κ2) is 4.66. The summed E-state index contributed by atoms with van der Waals surface area (Å²) >= 11 is 1.29. The van der Waals surface area contributed by atoms with Crippen molar-refractivity contribution in [1.29, 1.82) is 0 Å². The lowest BCUT2D eigenvalue weighted by molar-refractivity contribution is -0.109. The average molecular weight is 236 g/mol. The van der Waals surface area contributed by atoms with Crippen molar-refractivity contribution in [2.24, 2.45) is 0 Å². The van der Waals surface area contributed by atoms with E-state index < -0.39 is 9.84 Å². The van der Waals surface area contributed by atoms with Crippen LogP contribution in [0.5, 0.6) is 0 Å². The van der Waals surface area contributed by atoms with Crippen LogP contribution in [0.3, 0.4) is 0 Å². The topological polar surface area (TPSA) is 51.2 Å². The lowest BCUT2D eigenvalue weighted by Gasteiger charge is -2.26. The van der Waals surface area contributed by atoms with E-state index in [9.17, 15) is 13.2 Å². The predicted octanol–water partition coefficient (Wildman–Crippen LogP) is 1.62. The maximum atomic E-state index is 11.3. The molecule has 82 valence electrons. The van der Waals surface area contributed by atoms with Crippen LogP contribution in [-0.2, 0) is 14.6 Å². The molecular weight excluding hydrogens is 220 g/mol. The number of hydrogen-bond donors (Lipinski definition) is 0. The van der Waals surface area contributed by atoms with Crippen LogP contribution >= 0.6 is 11.8 Å². The van der Waals surface area contributed by atoms with Gasteiger partial charge in [0.1, 0.15) is 9.84 Å². The molecule has 1 aliphatic carbocycles. The van der Waals surface area contributed by atoms with Crippen LogP contribution in [-0.4, -0.2) is 30.3 Å². The summed E-state index contributed by atoms with van der Waals surface area (Å²) in [6, 6.07) is 0. The van der Waals surface area contributed by atoms with E-state index in [4.69, 9.17) is 0 Å². The molecule has 0 heterocycles. The average Bonchev–Trinajstić information content (AvgIpc) is 2.01. The molecule has 1 rings (SSSR count). The Labute approximate surface area is 89.6 Å². The highest BCUT2D eigenvalue weighted by atomic mass is 32.2. The van der Waals surface area contributed by atoms with Crippen LogP contribution in [0.25, 0.3) is 0 Å². The molecule has 1 aliphatic rings. The smallest absolute Gasteiger partial charge is 0.186 e. The molecule has 2 unspecified atom stereocenters. The zero-order chi connectivity index (χ0) is 10.8. The Balaban J connectivity index is 2.56. The normalized spacial score (nSPS) is 28.7. The standard InChI is InChI=1S/C9H16O3S2/c1-7(10)13-8-4-3-5-9(6-8)14(2,11)12/h8-9H,3-6H2,1-2H3. The SMILES string of the molecule is CC(=O)SC1CCCC(S(C)(=O)=O)C1. The molecule has 0 aromatic rings. The van der Waals surface area contributed by atoms with Crippen molar-refractivity contribution in [3.05, 3.63) is 0 Å². The van der Waals surface area contributed by atoms with Crippen molar-refractivity contribution in [3.63, 3.8) is 0 Å². The molecule has 0 amide bonds. The minimum atomic E-state index is -2.92. The number of rotatable bonds is 2. The number of thioether (sulfide) groups is 1. The third-order valence-corrected chi connectivity index (χ3v) is 5.25. The molecule has 0 aliphatic heterocycles. The van der Waals surface area contributed by atoms with Crippen molar-refractivity contribution in [3.8, 4) is 0 Å². The van der Waals surface area contributed by atoms with Gasteiger partial charge in [0.05, 0.1) is 5.25 Å². The van der Waals surface area contributed by atoms with Gasteiger partial charge in [-0.25, -0.2) is 8.42 Å². The Kier molecular flexibility index (Phi) is 4.01. The molecule has 0 spiro atoms. The number of carbonyl (C=O) groups is 1. The first-order valence-corrected chi connectivity index (χ1v) is 7.59. The highest BCUT2D eigenvalue weighted by Crippen LogP contribution is 2.31. The fourth-order valence-corrected chi connectivity index (χ4v) is 4.21. The Morgan fingerprint density at radius 2 is 2.00 bits per heavy atom. The molecule has 1 saturated carbocycles. The second-order valence-electron chi connectivity index (χ2n) is 3.85. The van der Waals surface area contributed by atoms with E-state index in [-0.39, 0.29) is 15.6 Å². The van der Waals surface area contributed by atoms with Crippen LogP contribution in [0.4, 0.5) is 0 Å². The zero-order valence-electron chi connectivity index (χ0n) is 8.52. The van der Waals surface area contributed by atoms with E-state index in [1.807, 2.05) is 0 Å². The minimum absolute atomic E-state index is 0.0872. The van der Waals surface area contributed by atoms with Gasteiger partial charge in [0.2, 0.25) is 0 Å². The summed E-state index contributed by atoms with van der Waals surface area (Å²) < 4.78 is 22.6. The summed E-state index contributed by atoms with van der Waals surface area (Å²) in [7, 11) is -2.92.